The minimum Gasteiger partial charge on any atom is -0.466 e. The molecule has 25 heavy (non-hydrogen) atoms. The summed E-state index contributed by atoms with van der Waals surface area (Å²) in [5, 5.41) is 0. The number of anilines is 2. The van der Waals surface area contributed by atoms with E-state index in [-0.39, 0.29) is 12.4 Å². The Kier molecular flexibility index (Phi) is 4.70. The third-order valence-corrected chi connectivity index (χ3v) is 3.63. The lowest BCUT2D eigenvalue weighted by Crippen LogP contribution is -2.07. The quantitative estimate of drug-likeness (QED) is 0.547. The van der Waals surface area contributed by atoms with Gasteiger partial charge in [0.2, 0.25) is 5.89 Å². The third kappa shape index (κ3) is 3.80. The van der Waals surface area contributed by atoms with E-state index in [9.17, 15) is 4.79 Å². The van der Waals surface area contributed by atoms with Gasteiger partial charge in [-0.2, -0.15) is 0 Å². The second-order valence-corrected chi connectivity index (χ2v) is 5.51. The van der Waals surface area contributed by atoms with Crippen LogP contribution in [-0.2, 0) is 16.0 Å². The summed E-state index contributed by atoms with van der Waals surface area (Å²) in [6.07, 6.45) is -0.0230. The van der Waals surface area contributed by atoms with E-state index in [1.165, 1.54) is 0 Å². The summed E-state index contributed by atoms with van der Waals surface area (Å²) in [6.45, 7) is 2.07. The number of carbonyl (C=O) groups excluding carboxylic acids is 1. The molecule has 0 radical (unpaired) electrons. The Hall–Kier alpha value is -3.28. The maximum atomic E-state index is 11.7. The molecule has 0 fully saturated rings. The second-order valence-electron chi connectivity index (χ2n) is 5.51. The molecule has 6 heteroatoms. The Bertz CT molecular complexity index is 805. The Morgan fingerprint density at radius 3 is 2.12 bits per heavy atom. The monoisotopic (exact) mass is 337 g/mol. The number of nitrogens with two attached hydrogens (primary N) is 2. The zero-order valence-corrected chi connectivity index (χ0v) is 13.9. The van der Waals surface area contributed by atoms with Crippen molar-refractivity contribution in [2.75, 3.05) is 18.1 Å². The van der Waals surface area contributed by atoms with Gasteiger partial charge in [0.05, 0.1) is 6.61 Å². The molecule has 0 amide bonds. The maximum Gasteiger partial charge on any atom is 0.315 e. The highest BCUT2D eigenvalue weighted by atomic mass is 16.5. The summed E-state index contributed by atoms with van der Waals surface area (Å²) in [5.74, 6) is 0.498. The molecule has 6 nitrogen and oxygen atoms in total. The van der Waals surface area contributed by atoms with Crippen molar-refractivity contribution in [3.05, 3.63) is 54.4 Å². The highest BCUT2D eigenvalue weighted by Crippen LogP contribution is 2.33. The van der Waals surface area contributed by atoms with E-state index < -0.39 is 0 Å². The Balaban J connectivity index is 2.04. The molecule has 3 aromatic rings. The number of hydrogen-bond acceptors (Lipinski definition) is 6. The predicted molar refractivity (Wildman–Crippen MR) is 96.5 cm³/mol. The Morgan fingerprint density at radius 2 is 1.56 bits per heavy atom. The third-order valence-electron chi connectivity index (χ3n) is 3.63. The summed E-state index contributed by atoms with van der Waals surface area (Å²) < 4.78 is 10.8. The average molecular weight is 337 g/mol. The van der Waals surface area contributed by atoms with E-state index in [1.54, 1.807) is 31.2 Å². The van der Waals surface area contributed by atoms with Gasteiger partial charge in [0.25, 0.3) is 0 Å². The first-order chi connectivity index (χ1) is 12.1. The van der Waals surface area contributed by atoms with E-state index in [2.05, 4.69) is 4.98 Å². The van der Waals surface area contributed by atoms with E-state index in [0.29, 0.717) is 35.3 Å². The van der Waals surface area contributed by atoms with Crippen LogP contribution >= 0.6 is 0 Å². The van der Waals surface area contributed by atoms with Crippen LogP contribution in [0.5, 0.6) is 0 Å². The molecule has 0 saturated carbocycles. The van der Waals surface area contributed by atoms with Gasteiger partial charge in [-0.15, -0.1) is 0 Å². The van der Waals surface area contributed by atoms with Crippen LogP contribution in [0.15, 0.2) is 52.9 Å². The van der Waals surface area contributed by atoms with Gasteiger partial charge >= 0.3 is 5.97 Å². The van der Waals surface area contributed by atoms with Gasteiger partial charge < -0.3 is 20.6 Å². The Morgan fingerprint density at radius 1 is 1.00 bits per heavy atom. The van der Waals surface area contributed by atoms with Crippen molar-refractivity contribution in [3.63, 3.8) is 0 Å². The van der Waals surface area contributed by atoms with Crippen molar-refractivity contribution < 1.29 is 13.9 Å². The highest BCUT2D eigenvalue weighted by Gasteiger charge is 2.19. The van der Waals surface area contributed by atoms with Crippen molar-refractivity contribution >= 4 is 17.3 Å². The molecular weight excluding hydrogens is 318 g/mol. The molecule has 128 valence electrons. The van der Waals surface area contributed by atoms with Crippen LogP contribution in [0.4, 0.5) is 11.4 Å². The zero-order chi connectivity index (χ0) is 17.8. The van der Waals surface area contributed by atoms with Gasteiger partial charge in [0.15, 0.2) is 5.76 Å². The van der Waals surface area contributed by atoms with Gasteiger partial charge in [-0.05, 0) is 43.3 Å². The smallest absolute Gasteiger partial charge is 0.315 e. The number of ether oxygens (including phenoxy) is 1. The highest BCUT2D eigenvalue weighted by molar-refractivity contribution is 5.79. The fraction of sp³-hybridized carbons (Fsp3) is 0.158. The Labute approximate surface area is 145 Å². The van der Waals surface area contributed by atoms with E-state index in [4.69, 9.17) is 20.6 Å². The fourth-order valence-electron chi connectivity index (χ4n) is 2.44. The van der Waals surface area contributed by atoms with Crippen LogP contribution in [-0.4, -0.2) is 17.6 Å². The molecule has 0 bridgehead atoms. The van der Waals surface area contributed by atoms with Crippen LogP contribution in [0.3, 0.4) is 0 Å². The molecule has 0 saturated heterocycles. The van der Waals surface area contributed by atoms with Gasteiger partial charge in [0, 0.05) is 22.5 Å². The minimum absolute atomic E-state index is 0.0230. The topological polar surface area (TPSA) is 104 Å². The number of esters is 1. The van der Waals surface area contributed by atoms with Crippen LogP contribution in [0.25, 0.3) is 22.6 Å². The molecule has 3 rings (SSSR count). The van der Waals surface area contributed by atoms with Gasteiger partial charge in [-0.1, -0.05) is 12.1 Å². The summed E-state index contributed by atoms with van der Waals surface area (Å²) in [7, 11) is 0. The predicted octanol–water partition coefficient (Wildman–Crippen LogP) is 3.28. The molecule has 1 aromatic heterocycles. The first-order valence-electron chi connectivity index (χ1n) is 7.94. The number of nitrogens with zero attached hydrogens (tertiary/aromatic N) is 1. The molecule has 4 N–H and O–H groups in total. The molecule has 0 unspecified atom stereocenters. The van der Waals surface area contributed by atoms with Crippen molar-refractivity contribution in [2.24, 2.45) is 0 Å². The van der Waals surface area contributed by atoms with E-state index in [0.717, 1.165) is 11.1 Å². The summed E-state index contributed by atoms with van der Waals surface area (Å²) >= 11 is 0. The number of nitrogen functional groups attached to an aromatic ring is 2. The molecule has 0 spiro atoms. The minimum atomic E-state index is -0.378. The average Bonchev–Trinajstić information content (AvgIpc) is 3.00. The van der Waals surface area contributed by atoms with E-state index >= 15 is 0 Å². The van der Waals surface area contributed by atoms with Crippen LogP contribution in [0.2, 0.25) is 0 Å². The largest absolute Gasteiger partial charge is 0.466 e. The lowest BCUT2D eigenvalue weighted by molar-refractivity contribution is -0.142. The van der Waals surface area contributed by atoms with Crippen LogP contribution in [0, 0.1) is 0 Å². The SMILES string of the molecule is CCOC(=O)Cc1nc(-c2ccc(N)cc2)c(-c2ccc(N)cc2)o1. The van der Waals surface area contributed by atoms with Gasteiger partial charge in [-0.3, -0.25) is 4.79 Å². The number of rotatable bonds is 5. The molecule has 0 atom stereocenters. The first-order valence-corrected chi connectivity index (χ1v) is 7.94. The fourth-order valence-corrected chi connectivity index (χ4v) is 2.44. The van der Waals surface area contributed by atoms with Crippen LogP contribution < -0.4 is 11.5 Å². The van der Waals surface area contributed by atoms with E-state index in [1.807, 2.05) is 24.3 Å². The van der Waals surface area contributed by atoms with Gasteiger partial charge in [-0.25, -0.2) is 4.98 Å². The van der Waals surface area contributed by atoms with Crippen LogP contribution in [0.1, 0.15) is 12.8 Å². The summed E-state index contributed by atoms with van der Waals surface area (Å²) in [4.78, 5) is 16.2. The molecule has 0 aliphatic heterocycles. The number of benzene rings is 2. The maximum absolute atomic E-state index is 11.7. The lowest BCUT2D eigenvalue weighted by Gasteiger charge is -2.02. The van der Waals surface area contributed by atoms with Crippen molar-refractivity contribution in [3.8, 4) is 22.6 Å². The molecule has 0 aliphatic rings. The number of aromatic nitrogens is 1. The molecule has 2 aromatic carbocycles. The van der Waals surface area contributed by atoms with Crippen molar-refractivity contribution in [1.29, 1.82) is 0 Å². The lowest BCUT2D eigenvalue weighted by atomic mass is 10.1. The van der Waals surface area contributed by atoms with Gasteiger partial charge in [0.1, 0.15) is 12.1 Å². The normalized spacial score (nSPS) is 10.6. The number of carbonyl (C=O) groups is 1. The van der Waals surface area contributed by atoms with Crippen molar-refractivity contribution in [2.45, 2.75) is 13.3 Å². The summed E-state index contributed by atoms with van der Waals surface area (Å²) in [6, 6.07) is 14.6. The standard InChI is InChI=1S/C19H19N3O3/c1-2-24-17(23)11-16-22-18(12-3-7-14(20)8-4-12)19(25-16)13-5-9-15(21)10-6-13/h3-10H,2,11,20-21H2,1H3. The molecule has 0 aliphatic carbocycles. The second kappa shape index (κ2) is 7.09. The summed E-state index contributed by atoms with van der Waals surface area (Å²) in [5.41, 5.74) is 15.1. The molecule has 1 heterocycles. The van der Waals surface area contributed by atoms with Crippen molar-refractivity contribution in [1.82, 2.24) is 4.98 Å². The number of hydrogen-bond donors (Lipinski definition) is 2. The molecular formula is C19H19N3O3. The number of oxazole rings is 1. The first kappa shape index (κ1) is 16.6. The zero-order valence-electron chi connectivity index (χ0n) is 13.9.